The first-order chi connectivity index (χ1) is 9.73. The molecule has 0 saturated heterocycles. The average molecular weight is 287 g/mol. The van der Waals surface area contributed by atoms with E-state index < -0.39 is 0 Å². The third kappa shape index (κ3) is 2.82. The number of carbonyl (C=O) groups is 1. The molecule has 1 N–H and O–H groups in total. The number of rotatable bonds is 2. The molecule has 1 amide bonds. The highest BCUT2D eigenvalue weighted by Gasteiger charge is 2.29. The lowest BCUT2D eigenvalue weighted by Crippen LogP contribution is -2.43. The maximum absolute atomic E-state index is 12.7. The fourth-order valence-electron chi connectivity index (χ4n) is 2.20. The molecule has 0 spiro atoms. The summed E-state index contributed by atoms with van der Waals surface area (Å²) in [5.74, 6) is -0.190. The summed E-state index contributed by atoms with van der Waals surface area (Å²) in [7, 11) is 1.76. The van der Waals surface area contributed by atoms with Gasteiger partial charge in [-0.3, -0.25) is 9.59 Å². The van der Waals surface area contributed by atoms with Crippen LogP contribution in [0.15, 0.2) is 29.1 Å². The molecule has 0 bridgehead atoms. The highest BCUT2D eigenvalue weighted by atomic mass is 16.2. The minimum Gasteiger partial charge on any atom is -0.337 e. The van der Waals surface area contributed by atoms with Crippen LogP contribution in [0.25, 0.3) is 10.8 Å². The summed E-state index contributed by atoms with van der Waals surface area (Å²) in [6.07, 6.45) is 0. The van der Waals surface area contributed by atoms with E-state index in [9.17, 15) is 9.59 Å². The summed E-state index contributed by atoms with van der Waals surface area (Å²) in [4.78, 5) is 26.1. The van der Waals surface area contributed by atoms with E-state index in [2.05, 4.69) is 31.0 Å². The van der Waals surface area contributed by atoms with Crippen LogP contribution in [-0.2, 0) is 0 Å². The molecule has 2 aromatic rings. The second-order valence-electron chi connectivity index (χ2n) is 6.40. The Hall–Kier alpha value is -2.17. The lowest BCUT2D eigenvalue weighted by atomic mass is 9.87. The molecule has 1 aromatic heterocycles. The van der Waals surface area contributed by atoms with Gasteiger partial charge in [0, 0.05) is 18.5 Å². The van der Waals surface area contributed by atoms with E-state index in [0.717, 1.165) is 0 Å². The average Bonchev–Trinajstić information content (AvgIpc) is 2.45. The summed E-state index contributed by atoms with van der Waals surface area (Å²) >= 11 is 0. The van der Waals surface area contributed by atoms with Gasteiger partial charge in [-0.1, -0.05) is 39.0 Å². The molecule has 0 fully saturated rings. The fraction of sp³-hybridized carbons (Fsp3) is 0.438. The number of hydrogen-bond acceptors (Lipinski definition) is 3. The Morgan fingerprint density at radius 2 is 1.81 bits per heavy atom. The van der Waals surface area contributed by atoms with E-state index in [-0.39, 0.29) is 28.6 Å². The minimum absolute atomic E-state index is 0.0393. The number of hydrogen-bond donors (Lipinski definition) is 1. The number of benzene rings is 1. The molecule has 1 aromatic carbocycles. The van der Waals surface area contributed by atoms with Gasteiger partial charge in [0.25, 0.3) is 11.5 Å². The molecular formula is C16H21N3O2. The molecule has 5 nitrogen and oxygen atoms in total. The Kier molecular flexibility index (Phi) is 3.85. The van der Waals surface area contributed by atoms with Crippen molar-refractivity contribution in [3.63, 3.8) is 0 Å². The van der Waals surface area contributed by atoms with Crippen molar-refractivity contribution in [2.75, 3.05) is 7.05 Å². The van der Waals surface area contributed by atoms with Gasteiger partial charge in [0.1, 0.15) is 0 Å². The number of H-pyrrole nitrogens is 1. The van der Waals surface area contributed by atoms with Crippen LogP contribution in [0.3, 0.4) is 0 Å². The van der Waals surface area contributed by atoms with Crippen LogP contribution < -0.4 is 5.56 Å². The molecule has 112 valence electrons. The quantitative estimate of drug-likeness (QED) is 0.922. The Morgan fingerprint density at radius 1 is 1.24 bits per heavy atom. The largest absolute Gasteiger partial charge is 0.337 e. The molecule has 21 heavy (non-hydrogen) atoms. The van der Waals surface area contributed by atoms with Crippen molar-refractivity contribution in [2.45, 2.75) is 33.7 Å². The third-order valence-electron chi connectivity index (χ3n) is 4.05. The Balaban J connectivity index is 2.50. The number of amides is 1. The molecule has 0 radical (unpaired) electrons. The zero-order chi connectivity index (χ0) is 15.8. The number of aromatic amines is 1. The van der Waals surface area contributed by atoms with Gasteiger partial charge in [0.2, 0.25) is 0 Å². The van der Waals surface area contributed by atoms with Gasteiger partial charge in [0.05, 0.1) is 5.39 Å². The zero-order valence-electron chi connectivity index (χ0n) is 13.1. The lowest BCUT2D eigenvalue weighted by molar-refractivity contribution is 0.0624. The maximum Gasteiger partial charge on any atom is 0.274 e. The molecule has 0 aliphatic rings. The fourth-order valence-corrected chi connectivity index (χ4v) is 2.20. The van der Waals surface area contributed by atoms with Crippen molar-refractivity contribution in [1.29, 1.82) is 0 Å². The molecular weight excluding hydrogens is 266 g/mol. The van der Waals surface area contributed by atoms with Crippen molar-refractivity contribution >= 4 is 16.7 Å². The van der Waals surface area contributed by atoms with Crippen LogP contribution in [0.1, 0.15) is 38.2 Å². The van der Waals surface area contributed by atoms with Gasteiger partial charge in [-0.05, 0) is 18.4 Å². The second-order valence-corrected chi connectivity index (χ2v) is 6.40. The van der Waals surface area contributed by atoms with Crippen molar-refractivity contribution in [1.82, 2.24) is 15.1 Å². The Bertz CT molecular complexity index is 728. The van der Waals surface area contributed by atoms with Crippen molar-refractivity contribution in [2.24, 2.45) is 5.41 Å². The number of carbonyl (C=O) groups excluding carboxylic acids is 1. The van der Waals surface area contributed by atoms with Crippen molar-refractivity contribution < 1.29 is 4.79 Å². The van der Waals surface area contributed by atoms with E-state index in [4.69, 9.17) is 0 Å². The van der Waals surface area contributed by atoms with Crippen LogP contribution in [0.5, 0.6) is 0 Å². The zero-order valence-corrected chi connectivity index (χ0v) is 13.1. The van der Waals surface area contributed by atoms with E-state index in [1.807, 2.05) is 6.92 Å². The number of nitrogens with one attached hydrogen (secondary N) is 1. The predicted octanol–water partition coefficient (Wildman–Crippen LogP) is 2.43. The summed E-state index contributed by atoms with van der Waals surface area (Å²) in [6, 6.07) is 7.05. The molecule has 1 heterocycles. The highest BCUT2D eigenvalue weighted by Crippen LogP contribution is 2.24. The second kappa shape index (κ2) is 5.31. The van der Waals surface area contributed by atoms with Crippen LogP contribution >= 0.6 is 0 Å². The van der Waals surface area contributed by atoms with Crippen molar-refractivity contribution in [3.8, 4) is 0 Å². The standard InChI is InChI=1S/C16H21N3O2/c1-10(16(2,3)4)19(5)15(21)13-11-8-6-7-9-12(11)14(20)18-17-13/h6-10H,1-5H3,(H,18,20)/t10-/m1/s1. The van der Waals surface area contributed by atoms with Crippen LogP contribution in [-0.4, -0.2) is 34.1 Å². The van der Waals surface area contributed by atoms with Gasteiger partial charge in [-0.25, -0.2) is 5.10 Å². The number of fused-ring (bicyclic) bond motifs is 1. The van der Waals surface area contributed by atoms with E-state index in [1.165, 1.54) is 0 Å². The van der Waals surface area contributed by atoms with Crippen LogP contribution in [0.4, 0.5) is 0 Å². The van der Waals surface area contributed by atoms with E-state index >= 15 is 0 Å². The van der Waals surface area contributed by atoms with Gasteiger partial charge in [-0.2, -0.15) is 5.10 Å². The Morgan fingerprint density at radius 3 is 2.38 bits per heavy atom. The molecule has 0 saturated carbocycles. The number of aromatic nitrogens is 2. The molecule has 0 aliphatic carbocycles. The Labute approximate surface area is 124 Å². The van der Waals surface area contributed by atoms with Gasteiger partial charge in [-0.15, -0.1) is 0 Å². The molecule has 0 unspecified atom stereocenters. The van der Waals surface area contributed by atoms with Crippen LogP contribution in [0, 0.1) is 5.41 Å². The molecule has 2 rings (SSSR count). The third-order valence-corrected chi connectivity index (χ3v) is 4.05. The van der Waals surface area contributed by atoms with Gasteiger partial charge in [0.15, 0.2) is 5.69 Å². The predicted molar refractivity (Wildman–Crippen MR) is 83.4 cm³/mol. The maximum atomic E-state index is 12.7. The highest BCUT2D eigenvalue weighted by molar-refractivity contribution is 6.04. The van der Waals surface area contributed by atoms with Crippen molar-refractivity contribution in [3.05, 3.63) is 40.3 Å². The van der Waals surface area contributed by atoms with Gasteiger partial charge >= 0.3 is 0 Å². The van der Waals surface area contributed by atoms with Gasteiger partial charge < -0.3 is 4.90 Å². The summed E-state index contributed by atoms with van der Waals surface area (Å²) < 4.78 is 0. The molecule has 1 atom stereocenters. The number of nitrogens with zero attached hydrogens (tertiary/aromatic N) is 2. The molecule has 0 aliphatic heterocycles. The minimum atomic E-state index is -0.284. The van der Waals surface area contributed by atoms with Crippen LogP contribution in [0.2, 0.25) is 0 Å². The van der Waals surface area contributed by atoms with E-state index in [0.29, 0.717) is 10.8 Å². The first kappa shape index (κ1) is 15.2. The SMILES string of the molecule is C[C@@H](N(C)C(=O)c1n[nH]c(=O)c2ccccc12)C(C)(C)C. The normalized spacial score (nSPS) is 13.2. The summed E-state index contributed by atoms with van der Waals surface area (Å²) in [5, 5.41) is 7.43. The summed E-state index contributed by atoms with van der Waals surface area (Å²) in [5.41, 5.74) is -0.0416. The monoisotopic (exact) mass is 287 g/mol. The summed E-state index contributed by atoms with van der Waals surface area (Å²) in [6.45, 7) is 8.26. The smallest absolute Gasteiger partial charge is 0.274 e. The first-order valence-electron chi connectivity index (χ1n) is 6.98. The first-order valence-corrected chi connectivity index (χ1v) is 6.98. The lowest BCUT2D eigenvalue weighted by Gasteiger charge is -2.35. The molecule has 5 heteroatoms. The topological polar surface area (TPSA) is 66.1 Å². The van der Waals surface area contributed by atoms with E-state index in [1.54, 1.807) is 36.2 Å².